The van der Waals surface area contributed by atoms with Crippen LogP contribution >= 0.6 is 0 Å². The maximum atomic E-state index is 14.4. The van der Waals surface area contributed by atoms with Crippen molar-refractivity contribution in [2.75, 3.05) is 41.3 Å². The summed E-state index contributed by atoms with van der Waals surface area (Å²) in [4.78, 5) is 30.3. The zero-order valence-electron chi connectivity index (χ0n) is 22.2. The Hall–Kier alpha value is -5.50. The predicted octanol–water partition coefficient (Wildman–Crippen LogP) is 4.60. The van der Waals surface area contributed by atoms with Crippen molar-refractivity contribution in [1.29, 1.82) is 5.26 Å². The van der Waals surface area contributed by atoms with Crippen LogP contribution in [0.25, 0.3) is 10.9 Å². The summed E-state index contributed by atoms with van der Waals surface area (Å²) in [6, 6.07) is 24.6. The maximum absolute atomic E-state index is 14.4. The van der Waals surface area contributed by atoms with Gasteiger partial charge < -0.3 is 24.4 Å². The molecule has 1 fully saturated rings. The van der Waals surface area contributed by atoms with Gasteiger partial charge in [0.25, 0.3) is 5.56 Å². The van der Waals surface area contributed by atoms with Gasteiger partial charge in [0.1, 0.15) is 11.6 Å². The average Bonchev–Trinajstić information content (AvgIpc) is 3.00. The molecule has 0 spiro atoms. The van der Waals surface area contributed by atoms with Crippen molar-refractivity contribution in [3.05, 3.63) is 101 Å². The number of aromatic nitrogens is 4. The van der Waals surface area contributed by atoms with E-state index in [0.29, 0.717) is 60.3 Å². The molecule has 1 saturated heterocycles. The molecule has 5 aromatic rings. The lowest BCUT2D eigenvalue weighted by Crippen LogP contribution is -2.47. The Balaban J connectivity index is 1.33. The highest BCUT2D eigenvalue weighted by Crippen LogP contribution is 2.29. The average molecular weight is 549 g/mol. The number of anilines is 4. The highest BCUT2D eigenvalue weighted by molar-refractivity contribution is 5.85. The fraction of sp³-hybridized carbons (Fsp3) is 0.167. The normalized spacial score (nSPS) is 13.2. The van der Waals surface area contributed by atoms with E-state index in [1.807, 2.05) is 40.1 Å². The second kappa shape index (κ2) is 10.9. The summed E-state index contributed by atoms with van der Waals surface area (Å²) in [5.74, 6) is 0.688. The Morgan fingerprint density at radius 3 is 2.37 bits per heavy atom. The van der Waals surface area contributed by atoms with Crippen LogP contribution in [-0.4, -0.2) is 45.7 Å². The van der Waals surface area contributed by atoms with Crippen molar-refractivity contribution in [2.45, 2.75) is 0 Å². The second-order valence-corrected chi connectivity index (χ2v) is 9.51. The number of halogens is 1. The highest BCUT2D eigenvalue weighted by Gasteiger charge is 2.23. The highest BCUT2D eigenvalue weighted by atomic mass is 19.1. The number of piperazine rings is 1. The van der Waals surface area contributed by atoms with Crippen LogP contribution in [0.1, 0.15) is 5.56 Å². The fourth-order valence-electron chi connectivity index (χ4n) is 4.76. The molecule has 0 amide bonds. The van der Waals surface area contributed by atoms with Crippen molar-refractivity contribution >= 4 is 34.2 Å². The summed E-state index contributed by atoms with van der Waals surface area (Å²) >= 11 is 0. The smallest absolute Gasteiger partial charge is 0.328 e. The van der Waals surface area contributed by atoms with E-state index in [1.165, 1.54) is 12.1 Å². The molecule has 0 aliphatic carbocycles. The molecule has 204 valence electrons. The van der Waals surface area contributed by atoms with E-state index in [2.05, 4.69) is 26.3 Å². The molecule has 11 heteroatoms. The summed E-state index contributed by atoms with van der Waals surface area (Å²) in [7, 11) is 1.70. The zero-order valence-corrected chi connectivity index (χ0v) is 22.2. The van der Waals surface area contributed by atoms with Crippen LogP contribution in [0.15, 0.2) is 83.7 Å². The number of aryl methyl sites for hydroxylation is 1. The van der Waals surface area contributed by atoms with E-state index in [9.17, 15) is 9.18 Å². The Labute approximate surface area is 234 Å². The monoisotopic (exact) mass is 548 g/mol. The molecule has 1 aliphatic heterocycles. The fourth-order valence-corrected chi connectivity index (χ4v) is 4.76. The molecular weight excluding hydrogens is 523 g/mol. The van der Waals surface area contributed by atoms with Crippen molar-refractivity contribution < 1.29 is 9.13 Å². The summed E-state index contributed by atoms with van der Waals surface area (Å²) < 4.78 is 22.1. The number of nitriles is 1. The first-order valence-electron chi connectivity index (χ1n) is 13.0. The number of pyridine rings is 1. The van der Waals surface area contributed by atoms with Gasteiger partial charge >= 0.3 is 6.01 Å². The number of para-hydroxylation sites is 2. The molecule has 0 bridgehead atoms. The molecule has 1 aliphatic rings. The third-order valence-corrected chi connectivity index (χ3v) is 6.95. The van der Waals surface area contributed by atoms with Crippen LogP contribution in [0.4, 0.5) is 27.7 Å². The molecule has 41 heavy (non-hydrogen) atoms. The van der Waals surface area contributed by atoms with Gasteiger partial charge in [0.05, 0.1) is 22.8 Å². The van der Waals surface area contributed by atoms with Gasteiger partial charge in [-0.15, -0.1) is 0 Å². The van der Waals surface area contributed by atoms with Gasteiger partial charge in [-0.1, -0.05) is 24.3 Å². The van der Waals surface area contributed by atoms with E-state index < -0.39 is 0 Å². The van der Waals surface area contributed by atoms with Crippen molar-refractivity contribution in [1.82, 2.24) is 19.5 Å². The lowest BCUT2D eigenvalue weighted by atomic mass is 10.2. The number of hydrogen-bond donors (Lipinski definition) is 1. The molecule has 1 N–H and O–H groups in total. The first-order valence-corrected chi connectivity index (χ1v) is 13.0. The van der Waals surface area contributed by atoms with E-state index in [4.69, 9.17) is 10.00 Å². The minimum absolute atomic E-state index is 0.0149. The Morgan fingerprint density at radius 1 is 0.902 bits per heavy atom. The molecule has 6 rings (SSSR count). The van der Waals surface area contributed by atoms with Crippen molar-refractivity contribution in [3.8, 4) is 17.8 Å². The number of benzene rings is 3. The van der Waals surface area contributed by atoms with E-state index >= 15 is 0 Å². The first kappa shape index (κ1) is 25.8. The van der Waals surface area contributed by atoms with Crippen LogP contribution in [0.3, 0.4) is 0 Å². The molecule has 0 atom stereocenters. The SMILES string of the molecule is Cn1c(=O)cc(Oc2nc(Nc3ccc(C#N)cc3)nc(N3CCN(c4ccccc4F)CC3)n2)c2ccccc21. The van der Waals surface area contributed by atoms with Crippen molar-refractivity contribution in [2.24, 2.45) is 7.05 Å². The van der Waals surface area contributed by atoms with Gasteiger partial charge in [0.15, 0.2) is 0 Å². The maximum Gasteiger partial charge on any atom is 0.328 e. The lowest BCUT2D eigenvalue weighted by molar-refractivity contribution is 0.443. The summed E-state index contributed by atoms with van der Waals surface area (Å²) in [6.07, 6.45) is 0. The number of nitrogens with one attached hydrogen (secondary N) is 1. The van der Waals surface area contributed by atoms with Gasteiger partial charge in [-0.25, -0.2) is 4.39 Å². The third-order valence-electron chi connectivity index (χ3n) is 6.95. The van der Waals surface area contributed by atoms with Crippen LogP contribution in [0.5, 0.6) is 11.8 Å². The predicted molar refractivity (Wildman–Crippen MR) is 154 cm³/mol. The van der Waals surface area contributed by atoms with Crippen molar-refractivity contribution in [3.63, 3.8) is 0 Å². The number of hydrogen-bond acceptors (Lipinski definition) is 9. The summed E-state index contributed by atoms with van der Waals surface area (Å²) in [5, 5.41) is 13.0. The molecule has 3 heterocycles. The van der Waals surface area contributed by atoms with E-state index in [-0.39, 0.29) is 23.3 Å². The van der Waals surface area contributed by atoms with Crippen LogP contribution < -0.4 is 25.4 Å². The van der Waals surface area contributed by atoms with E-state index in [0.717, 1.165) is 5.39 Å². The van der Waals surface area contributed by atoms with Crippen LogP contribution in [0, 0.1) is 17.1 Å². The third kappa shape index (κ3) is 5.35. The summed E-state index contributed by atoms with van der Waals surface area (Å²) in [6.45, 7) is 2.23. The number of fused-ring (bicyclic) bond motifs is 1. The molecule has 0 radical (unpaired) electrons. The topological polar surface area (TPSA) is 112 Å². The van der Waals surface area contributed by atoms with Gasteiger partial charge in [-0.3, -0.25) is 4.79 Å². The summed E-state index contributed by atoms with van der Waals surface area (Å²) in [5.41, 5.74) is 2.25. The lowest BCUT2D eigenvalue weighted by Gasteiger charge is -2.36. The minimum Gasteiger partial charge on any atom is -0.423 e. The van der Waals surface area contributed by atoms with Gasteiger partial charge in [0.2, 0.25) is 11.9 Å². The standard InChI is InChI=1S/C30H25FN8O2/c1-37-24-8-4-2-6-22(24)26(18-27(37)40)41-30-35-28(33-21-12-10-20(19-32)11-13-21)34-29(36-30)39-16-14-38(15-17-39)25-9-5-3-7-23(25)31/h2-13,18H,14-17H2,1H3,(H,33,34,35,36). The first-order chi connectivity index (χ1) is 20.0. The largest absolute Gasteiger partial charge is 0.423 e. The molecule has 2 aromatic heterocycles. The Kier molecular flexibility index (Phi) is 6.87. The minimum atomic E-state index is -0.257. The number of rotatable bonds is 6. The molecular formula is C30H25FN8O2. The molecule has 0 unspecified atom stereocenters. The van der Waals surface area contributed by atoms with E-state index in [1.54, 1.807) is 48.0 Å². The molecule has 3 aromatic carbocycles. The van der Waals surface area contributed by atoms with Gasteiger partial charge in [0, 0.05) is 50.4 Å². The molecule has 10 nitrogen and oxygen atoms in total. The Bertz CT molecular complexity index is 1830. The number of nitrogens with zero attached hydrogens (tertiary/aromatic N) is 7. The van der Waals surface area contributed by atoms with Crippen LogP contribution in [-0.2, 0) is 7.05 Å². The van der Waals surface area contributed by atoms with Gasteiger partial charge in [-0.2, -0.15) is 20.2 Å². The quantitative estimate of drug-likeness (QED) is 0.325. The van der Waals surface area contributed by atoms with Gasteiger partial charge in [-0.05, 0) is 48.5 Å². The molecule has 0 saturated carbocycles. The zero-order chi connectivity index (χ0) is 28.3. The Morgan fingerprint density at radius 2 is 1.61 bits per heavy atom. The second-order valence-electron chi connectivity index (χ2n) is 9.51. The number of ether oxygens (including phenoxy) is 1. The van der Waals surface area contributed by atoms with Crippen LogP contribution in [0.2, 0.25) is 0 Å².